The molecule has 0 spiro atoms. The van der Waals surface area contributed by atoms with Gasteiger partial charge in [0.1, 0.15) is 6.54 Å². The molecule has 0 unspecified atom stereocenters. The molecule has 0 N–H and O–H groups in total. The zero-order valence-corrected chi connectivity index (χ0v) is 23.8. The average molecular weight is 575 g/mol. The summed E-state index contributed by atoms with van der Waals surface area (Å²) in [5.74, 6) is -3.90. The van der Waals surface area contributed by atoms with E-state index in [1.807, 2.05) is 68.4 Å². The fourth-order valence-corrected chi connectivity index (χ4v) is 7.14. The van der Waals surface area contributed by atoms with E-state index in [0.29, 0.717) is 10.6 Å². The van der Waals surface area contributed by atoms with E-state index < -0.39 is 36.1 Å². The summed E-state index contributed by atoms with van der Waals surface area (Å²) >= 11 is 6.07. The van der Waals surface area contributed by atoms with Crippen LogP contribution in [0.1, 0.15) is 65.9 Å². The Morgan fingerprint density at radius 3 is 1.64 bits per heavy atom. The van der Waals surface area contributed by atoms with Crippen LogP contribution in [-0.4, -0.2) is 40.1 Å². The quantitative estimate of drug-likeness (QED) is 0.214. The zero-order chi connectivity index (χ0) is 29.3. The average Bonchev–Trinajstić information content (AvgIpc) is 3.27. The lowest BCUT2D eigenvalue weighted by Gasteiger charge is -2.45. The summed E-state index contributed by atoms with van der Waals surface area (Å²) in [5, 5.41) is 2.44. The molecule has 1 heterocycles. The molecular formula is C35H27ClN2O4. The van der Waals surface area contributed by atoms with E-state index in [0.717, 1.165) is 43.4 Å². The second-order valence-electron chi connectivity index (χ2n) is 11.3. The number of amides is 3. The lowest BCUT2D eigenvalue weighted by atomic mass is 9.55. The summed E-state index contributed by atoms with van der Waals surface area (Å²) in [6.45, 7) is 3.40. The number of carbonyl (C=O) groups excluding carboxylic acids is 4. The van der Waals surface area contributed by atoms with Crippen LogP contribution in [0, 0.1) is 25.7 Å². The van der Waals surface area contributed by atoms with E-state index in [1.54, 1.807) is 24.3 Å². The number of hydrogen-bond acceptors (Lipinski definition) is 4. The van der Waals surface area contributed by atoms with Crippen LogP contribution in [0.25, 0.3) is 0 Å². The van der Waals surface area contributed by atoms with Gasteiger partial charge in [0.05, 0.1) is 11.8 Å². The highest BCUT2D eigenvalue weighted by atomic mass is 35.5. The Balaban J connectivity index is 1.33. The van der Waals surface area contributed by atoms with Crippen LogP contribution in [0.15, 0.2) is 91.0 Å². The molecule has 0 aromatic heterocycles. The summed E-state index contributed by atoms with van der Waals surface area (Å²) < 4.78 is 0. The highest BCUT2D eigenvalue weighted by molar-refractivity contribution is 6.30. The number of nitrogens with zero attached hydrogens (tertiary/aromatic N) is 2. The largest absolute Gasteiger partial charge is 0.292 e. The molecule has 6 nitrogen and oxygen atoms in total. The topological polar surface area (TPSA) is 74.8 Å². The van der Waals surface area contributed by atoms with Crippen LogP contribution in [0.3, 0.4) is 0 Å². The number of Topliss-reactive ketones (excluding diaryl/α,β-unsaturated/α-hetero) is 1. The van der Waals surface area contributed by atoms with E-state index in [1.165, 1.54) is 12.1 Å². The molecule has 4 aromatic rings. The van der Waals surface area contributed by atoms with Crippen molar-refractivity contribution in [3.63, 3.8) is 0 Å². The number of carbonyl (C=O) groups is 4. The van der Waals surface area contributed by atoms with Gasteiger partial charge in [-0.15, -0.1) is 0 Å². The van der Waals surface area contributed by atoms with Crippen molar-refractivity contribution in [3.8, 4) is 0 Å². The smallest absolute Gasteiger partial charge is 0.273 e. The third-order valence-corrected chi connectivity index (χ3v) is 9.37. The maximum atomic E-state index is 14.4. The summed E-state index contributed by atoms with van der Waals surface area (Å²) in [5.41, 5.74) is 6.73. The van der Waals surface area contributed by atoms with Crippen molar-refractivity contribution < 1.29 is 19.2 Å². The lowest BCUT2D eigenvalue weighted by molar-refractivity contribution is -0.154. The van der Waals surface area contributed by atoms with Crippen LogP contribution in [0.5, 0.6) is 0 Å². The van der Waals surface area contributed by atoms with Crippen molar-refractivity contribution in [2.45, 2.75) is 25.7 Å². The van der Waals surface area contributed by atoms with Gasteiger partial charge in [0.25, 0.3) is 17.7 Å². The normalized spacial score (nSPS) is 21.5. The molecule has 4 aromatic carbocycles. The second kappa shape index (κ2) is 9.78. The van der Waals surface area contributed by atoms with Gasteiger partial charge in [-0.3, -0.25) is 19.2 Å². The molecule has 2 atom stereocenters. The number of hydrogen-bond donors (Lipinski definition) is 0. The maximum absolute atomic E-state index is 14.4. The first kappa shape index (κ1) is 26.4. The fourth-order valence-electron chi connectivity index (χ4n) is 7.02. The van der Waals surface area contributed by atoms with Gasteiger partial charge in [-0.1, -0.05) is 72.3 Å². The Morgan fingerprint density at radius 2 is 1.17 bits per heavy atom. The molecule has 1 aliphatic heterocycles. The monoisotopic (exact) mass is 574 g/mol. The molecule has 3 amide bonds. The first-order valence-electron chi connectivity index (χ1n) is 14.0. The van der Waals surface area contributed by atoms with Gasteiger partial charge in [0, 0.05) is 28.0 Å². The van der Waals surface area contributed by atoms with Gasteiger partial charge in [-0.2, -0.15) is 5.01 Å². The van der Waals surface area contributed by atoms with Gasteiger partial charge in [0.15, 0.2) is 5.78 Å². The highest BCUT2D eigenvalue weighted by Crippen LogP contribution is 2.61. The third-order valence-electron chi connectivity index (χ3n) is 9.11. The SMILES string of the molecule is Cc1ccc(C(=O)CN(C(=O)c2ccc(Cl)cc2)N2C(=O)[C@@H]3C4c5ccccc5C(c5ccccc54)[C@@H]3C2=O)cc1C. The van der Waals surface area contributed by atoms with Gasteiger partial charge < -0.3 is 0 Å². The number of halogens is 1. The highest BCUT2D eigenvalue weighted by Gasteiger charge is 2.63. The van der Waals surface area contributed by atoms with Crippen molar-refractivity contribution in [1.82, 2.24) is 10.0 Å². The predicted octanol–water partition coefficient (Wildman–Crippen LogP) is 6.09. The summed E-state index contributed by atoms with van der Waals surface area (Å²) in [7, 11) is 0. The summed E-state index contributed by atoms with van der Waals surface area (Å²) in [6, 6.07) is 27.4. The Hall–Kier alpha value is -4.55. The number of aryl methyl sites for hydroxylation is 2. The van der Waals surface area contributed by atoms with Crippen molar-refractivity contribution in [2.75, 3.05) is 6.54 Å². The van der Waals surface area contributed by atoms with E-state index in [2.05, 4.69) is 0 Å². The molecule has 1 saturated heterocycles. The van der Waals surface area contributed by atoms with Crippen LogP contribution >= 0.6 is 11.6 Å². The van der Waals surface area contributed by atoms with Crippen molar-refractivity contribution in [1.29, 1.82) is 0 Å². The van der Waals surface area contributed by atoms with E-state index in [4.69, 9.17) is 11.6 Å². The fraction of sp³-hybridized carbons (Fsp3) is 0.200. The lowest BCUT2D eigenvalue weighted by Crippen LogP contribution is -2.52. The number of imide groups is 1. The molecular weight excluding hydrogens is 548 g/mol. The van der Waals surface area contributed by atoms with Crippen LogP contribution < -0.4 is 0 Å². The minimum Gasteiger partial charge on any atom is -0.292 e. The molecule has 1 fully saturated rings. The Kier molecular flexibility index (Phi) is 6.13. The van der Waals surface area contributed by atoms with Crippen molar-refractivity contribution in [3.05, 3.63) is 141 Å². The molecule has 2 bridgehead atoms. The van der Waals surface area contributed by atoms with Gasteiger partial charge in [-0.05, 0) is 77.6 Å². The van der Waals surface area contributed by atoms with E-state index in [9.17, 15) is 19.2 Å². The number of benzene rings is 4. The van der Waals surface area contributed by atoms with E-state index in [-0.39, 0.29) is 23.2 Å². The molecule has 0 radical (unpaired) electrons. The Bertz CT molecular complexity index is 1700. The van der Waals surface area contributed by atoms with Crippen molar-refractivity contribution in [2.24, 2.45) is 11.8 Å². The zero-order valence-electron chi connectivity index (χ0n) is 23.1. The van der Waals surface area contributed by atoms with Crippen molar-refractivity contribution >= 4 is 35.1 Å². The second-order valence-corrected chi connectivity index (χ2v) is 11.8. The van der Waals surface area contributed by atoms with Crippen LogP contribution in [0.2, 0.25) is 5.02 Å². The van der Waals surface area contributed by atoms with Gasteiger partial charge in [-0.25, -0.2) is 5.01 Å². The minimum atomic E-state index is -0.676. The number of ketones is 1. The molecule has 208 valence electrons. The minimum absolute atomic E-state index is 0.220. The predicted molar refractivity (Wildman–Crippen MR) is 158 cm³/mol. The first-order chi connectivity index (χ1) is 20.3. The third kappa shape index (κ3) is 3.86. The van der Waals surface area contributed by atoms with Crippen LogP contribution in [0.4, 0.5) is 0 Å². The summed E-state index contributed by atoms with van der Waals surface area (Å²) in [4.78, 5) is 56.4. The Labute approximate surface area is 248 Å². The van der Waals surface area contributed by atoms with Gasteiger partial charge >= 0.3 is 0 Å². The Morgan fingerprint density at radius 1 is 0.690 bits per heavy atom. The molecule has 42 heavy (non-hydrogen) atoms. The van der Waals surface area contributed by atoms with Crippen LogP contribution in [-0.2, 0) is 9.59 Å². The molecule has 3 aliphatic carbocycles. The molecule has 8 rings (SSSR count). The molecule has 4 aliphatic rings. The number of rotatable bonds is 5. The molecule has 7 heteroatoms. The maximum Gasteiger partial charge on any atom is 0.273 e. The standard InChI is InChI=1S/C35H27ClN2O4/c1-19-11-12-22(17-20(19)2)28(39)18-37(33(40)21-13-15-23(36)16-14-21)38-34(41)31-29-24-7-3-4-8-25(24)30(32(31)35(38)42)27-10-6-5-9-26(27)29/h3-17,29-32H,18H2,1-2H3/t29?,30?,31-,32+. The van der Waals surface area contributed by atoms with E-state index >= 15 is 0 Å². The van der Waals surface area contributed by atoms with Gasteiger partial charge in [0.2, 0.25) is 0 Å². The first-order valence-corrected chi connectivity index (χ1v) is 14.4. The molecule has 0 saturated carbocycles. The summed E-state index contributed by atoms with van der Waals surface area (Å²) in [6.07, 6.45) is 0. The number of hydrazine groups is 1.